The molecular weight excluding hydrogens is 380 g/mol. The maximum Gasteiger partial charge on any atom is 0.277 e. The minimum Gasteiger partial charge on any atom is -0.484 e. The molecule has 0 aliphatic carbocycles. The van der Waals surface area contributed by atoms with Crippen molar-refractivity contribution in [2.24, 2.45) is 5.10 Å². The molecule has 0 unspecified atom stereocenters. The molecule has 0 aromatic heterocycles. The predicted octanol–water partition coefficient (Wildman–Crippen LogP) is 4.58. The Morgan fingerprint density at radius 1 is 1.20 bits per heavy atom. The van der Waals surface area contributed by atoms with Crippen LogP contribution in [0.2, 0.25) is 0 Å². The van der Waals surface area contributed by atoms with Crippen LogP contribution in [-0.4, -0.2) is 18.7 Å². The predicted molar refractivity (Wildman–Crippen MR) is 105 cm³/mol. The Labute approximate surface area is 157 Å². The first-order valence-corrected chi connectivity index (χ1v) is 8.86. The zero-order chi connectivity index (χ0) is 18.4. The first kappa shape index (κ1) is 19.2. The van der Waals surface area contributed by atoms with E-state index in [-0.39, 0.29) is 17.9 Å². The van der Waals surface area contributed by atoms with Gasteiger partial charge in [-0.05, 0) is 47.2 Å². The summed E-state index contributed by atoms with van der Waals surface area (Å²) in [6, 6.07) is 13.7. The average molecular weight is 403 g/mol. The van der Waals surface area contributed by atoms with Gasteiger partial charge in [-0.3, -0.25) is 4.79 Å². The molecule has 0 aliphatic rings. The number of halogens is 1. The summed E-state index contributed by atoms with van der Waals surface area (Å²) in [5.41, 5.74) is 5.82. The largest absolute Gasteiger partial charge is 0.484 e. The van der Waals surface area contributed by atoms with Crippen molar-refractivity contribution in [3.63, 3.8) is 0 Å². The molecule has 1 amide bonds. The van der Waals surface area contributed by atoms with Crippen LogP contribution in [0, 0.1) is 6.92 Å². The zero-order valence-corrected chi connectivity index (χ0v) is 16.6. The number of hydrogen-bond acceptors (Lipinski definition) is 3. The number of carbonyl (C=O) groups is 1. The van der Waals surface area contributed by atoms with Gasteiger partial charge in [0.05, 0.1) is 6.21 Å². The lowest BCUT2D eigenvalue weighted by molar-refractivity contribution is -0.123. The summed E-state index contributed by atoms with van der Waals surface area (Å²) < 4.78 is 6.46. The van der Waals surface area contributed by atoms with Gasteiger partial charge in [0.25, 0.3) is 5.91 Å². The number of benzene rings is 2. The molecule has 0 fully saturated rings. The van der Waals surface area contributed by atoms with Gasteiger partial charge in [-0.25, -0.2) is 5.43 Å². The molecule has 4 nitrogen and oxygen atoms in total. The second kappa shape index (κ2) is 8.30. The lowest BCUT2D eigenvalue weighted by Gasteiger charge is -2.18. The first-order chi connectivity index (χ1) is 11.8. The van der Waals surface area contributed by atoms with Crippen molar-refractivity contribution in [2.45, 2.75) is 33.1 Å². The Morgan fingerprint density at radius 3 is 2.48 bits per heavy atom. The molecule has 25 heavy (non-hydrogen) atoms. The molecule has 2 rings (SSSR count). The monoisotopic (exact) mass is 402 g/mol. The maximum absolute atomic E-state index is 11.8. The molecule has 0 saturated carbocycles. The molecule has 0 atom stereocenters. The fraction of sp³-hybridized carbons (Fsp3) is 0.300. The average Bonchev–Trinajstić information content (AvgIpc) is 2.55. The summed E-state index contributed by atoms with van der Waals surface area (Å²) in [7, 11) is 0. The molecule has 0 heterocycles. The smallest absolute Gasteiger partial charge is 0.277 e. The summed E-state index contributed by atoms with van der Waals surface area (Å²) >= 11 is 3.43. The Bertz CT molecular complexity index is 762. The van der Waals surface area contributed by atoms with E-state index in [1.54, 1.807) is 6.21 Å². The van der Waals surface area contributed by atoms with E-state index in [9.17, 15) is 4.79 Å². The second-order valence-corrected chi connectivity index (χ2v) is 7.72. The lowest BCUT2D eigenvalue weighted by atomic mass is 9.87. The number of carbonyl (C=O) groups excluding carboxylic acids is 1. The topological polar surface area (TPSA) is 50.7 Å². The van der Waals surface area contributed by atoms with Crippen molar-refractivity contribution in [2.75, 3.05) is 6.61 Å². The van der Waals surface area contributed by atoms with Gasteiger partial charge in [-0.1, -0.05) is 61.0 Å². The highest BCUT2D eigenvalue weighted by Gasteiger charge is 2.12. The Kier molecular flexibility index (Phi) is 6.37. The molecule has 1 N–H and O–H groups in total. The van der Waals surface area contributed by atoms with E-state index in [2.05, 4.69) is 59.4 Å². The van der Waals surface area contributed by atoms with Gasteiger partial charge in [0.2, 0.25) is 0 Å². The number of aryl methyl sites for hydroxylation is 1. The van der Waals surface area contributed by atoms with Crippen molar-refractivity contribution in [3.8, 4) is 5.75 Å². The van der Waals surface area contributed by atoms with Crippen molar-refractivity contribution in [1.82, 2.24) is 5.43 Å². The Hall–Kier alpha value is -2.14. The van der Waals surface area contributed by atoms with Crippen LogP contribution in [0.25, 0.3) is 0 Å². The summed E-state index contributed by atoms with van der Waals surface area (Å²) in [4.78, 5) is 11.8. The number of rotatable bonds is 5. The molecule has 0 aliphatic heterocycles. The second-order valence-electron chi connectivity index (χ2n) is 6.86. The van der Waals surface area contributed by atoms with Gasteiger partial charge >= 0.3 is 0 Å². The number of hydrazone groups is 1. The van der Waals surface area contributed by atoms with Crippen LogP contribution in [0.3, 0.4) is 0 Å². The molecule has 0 bridgehead atoms. The third-order valence-corrected chi connectivity index (χ3v) is 4.57. The van der Waals surface area contributed by atoms with Crippen LogP contribution >= 0.6 is 15.9 Å². The minimum atomic E-state index is -0.303. The van der Waals surface area contributed by atoms with Crippen LogP contribution < -0.4 is 10.2 Å². The van der Waals surface area contributed by atoms with Crippen LogP contribution in [0.15, 0.2) is 52.0 Å². The van der Waals surface area contributed by atoms with E-state index in [1.807, 2.05) is 37.3 Å². The summed E-state index contributed by atoms with van der Waals surface area (Å²) in [5, 5.41) is 3.97. The fourth-order valence-corrected chi connectivity index (χ4v) is 2.38. The van der Waals surface area contributed by atoms with Crippen LogP contribution in [0.5, 0.6) is 5.75 Å². The standard InChI is InChI=1S/C20H23BrN2O2/c1-14-11-17(9-10-18(14)21)25-13-19(24)23-22-12-15-5-7-16(8-6-15)20(2,3)4/h5-12H,13H2,1-4H3,(H,23,24)/b22-12+. The zero-order valence-electron chi connectivity index (χ0n) is 15.0. The van der Waals surface area contributed by atoms with Gasteiger partial charge in [0.15, 0.2) is 6.61 Å². The van der Waals surface area contributed by atoms with E-state index in [0.717, 1.165) is 15.6 Å². The van der Waals surface area contributed by atoms with Crippen molar-refractivity contribution < 1.29 is 9.53 Å². The number of ether oxygens (including phenoxy) is 1. The molecule has 0 radical (unpaired) electrons. The Morgan fingerprint density at radius 2 is 1.88 bits per heavy atom. The van der Waals surface area contributed by atoms with Gasteiger partial charge in [-0.15, -0.1) is 0 Å². The van der Waals surface area contributed by atoms with Crippen molar-refractivity contribution in [3.05, 3.63) is 63.6 Å². The van der Waals surface area contributed by atoms with E-state index in [4.69, 9.17) is 4.74 Å². The normalized spacial score (nSPS) is 11.6. The summed E-state index contributed by atoms with van der Waals surface area (Å²) in [6.45, 7) is 8.39. The fourth-order valence-electron chi connectivity index (χ4n) is 2.14. The molecule has 132 valence electrons. The molecule has 0 spiro atoms. The quantitative estimate of drug-likeness (QED) is 0.587. The maximum atomic E-state index is 11.8. The first-order valence-electron chi connectivity index (χ1n) is 8.07. The van der Waals surface area contributed by atoms with E-state index in [1.165, 1.54) is 5.56 Å². The highest BCUT2D eigenvalue weighted by molar-refractivity contribution is 9.10. The lowest BCUT2D eigenvalue weighted by Crippen LogP contribution is -2.24. The number of nitrogens with zero attached hydrogens (tertiary/aromatic N) is 1. The molecule has 2 aromatic rings. The third kappa shape index (κ3) is 6.02. The highest BCUT2D eigenvalue weighted by atomic mass is 79.9. The van der Waals surface area contributed by atoms with E-state index >= 15 is 0 Å². The van der Waals surface area contributed by atoms with Crippen LogP contribution in [-0.2, 0) is 10.2 Å². The molecule has 2 aromatic carbocycles. The highest BCUT2D eigenvalue weighted by Crippen LogP contribution is 2.22. The van der Waals surface area contributed by atoms with E-state index < -0.39 is 0 Å². The van der Waals surface area contributed by atoms with Gasteiger partial charge in [0, 0.05) is 4.47 Å². The van der Waals surface area contributed by atoms with E-state index in [0.29, 0.717) is 5.75 Å². The van der Waals surface area contributed by atoms with Crippen molar-refractivity contribution >= 4 is 28.1 Å². The van der Waals surface area contributed by atoms with Crippen LogP contribution in [0.1, 0.15) is 37.5 Å². The molecule has 5 heteroatoms. The van der Waals surface area contributed by atoms with Crippen molar-refractivity contribution in [1.29, 1.82) is 0 Å². The molecular formula is C20H23BrN2O2. The minimum absolute atomic E-state index is 0.0820. The number of hydrogen-bond donors (Lipinski definition) is 1. The number of nitrogens with one attached hydrogen (secondary N) is 1. The van der Waals surface area contributed by atoms with Gasteiger partial charge in [0.1, 0.15) is 5.75 Å². The molecule has 0 saturated heterocycles. The number of amides is 1. The summed E-state index contributed by atoms with van der Waals surface area (Å²) in [6.07, 6.45) is 1.62. The SMILES string of the molecule is Cc1cc(OCC(=O)N/N=C/c2ccc(C(C)(C)C)cc2)ccc1Br. The van der Waals surface area contributed by atoms with Crippen LogP contribution in [0.4, 0.5) is 0 Å². The Balaban J connectivity index is 1.83. The van der Waals surface area contributed by atoms with Gasteiger partial charge in [-0.2, -0.15) is 5.10 Å². The summed E-state index contributed by atoms with van der Waals surface area (Å²) in [5.74, 6) is 0.348. The van der Waals surface area contributed by atoms with Gasteiger partial charge < -0.3 is 4.74 Å². The third-order valence-electron chi connectivity index (χ3n) is 3.68.